The Balaban J connectivity index is 2.17. The first-order chi connectivity index (χ1) is 9.08. The van der Waals surface area contributed by atoms with Crippen molar-refractivity contribution in [2.45, 2.75) is 20.5 Å². The van der Waals surface area contributed by atoms with Crippen LogP contribution >= 0.6 is 11.6 Å². The fourth-order valence-electron chi connectivity index (χ4n) is 1.88. The molecule has 0 atom stereocenters. The summed E-state index contributed by atoms with van der Waals surface area (Å²) in [6.07, 6.45) is 0. The summed E-state index contributed by atoms with van der Waals surface area (Å²) >= 11 is 6.13. The molecule has 19 heavy (non-hydrogen) atoms. The van der Waals surface area contributed by atoms with Crippen LogP contribution in [0.5, 0.6) is 5.75 Å². The lowest BCUT2D eigenvalue weighted by molar-refractivity contribution is 0.101. The number of carbonyl (C=O) groups is 1. The molecule has 0 bridgehead atoms. The summed E-state index contributed by atoms with van der Waals surface area (Å²) < 4.78 is 5.70. The average Bonchev–Trinajstić information content (AvgIpc) is 2.40. The second-order valence-corrected chi connectivity index (χ2v) is 4.84. The number of ether oxygens (including phenoxy) is 1. The molecule has 0 N–H and O–H groups in total. The van der Waals surface area contributed by atoms with E-state index in [9.17, 15) is 4.79 Å². The quantitative estimate of drug-likeness (QED) is 0.771. The molecule has 0 unspecified atom stereocenters. The summed E-state index contributed by atoms with van der Waals surface area (Å²) in [5, 5.41) is 0.465. The number of aryl methyl sites for hydroxylation is 1. The topological polar surface area (TPSA) is 26.3 Å². The smallest absolute Gasteiger partial charge is 0.160 e. The van der Waals surface area contributed by atoms with Gasteiger partial charge in [0.2, 0.25) is 0 Å². The Bertz CT molecular complexity index is 591. The summed E-state index contributed by atoms with van der Waals surface area (Å²) in [6, 6.07) is 13.3. The standard InChI is InChI=1S/C16H15ClO2/c1-11-8-16(15(17)9-14(11)12(2)18)19-10-13-6-4-3-5-7-13/h3-9H,10H2,1-2H3. The first kappa shape index (κ1) is 13.6. The number of hydrogen-bond donors (Lipinski definition) is 0. The lowest BCUT2D eigenvalue weighted by Gasteiger charge is -2.11. The summed E-state index contributed by atoms with van der Waals surface area (Å²) in [7, 11) is 0. The minimum atomic E-state index is 0.00834. The van der Waals surface area contributed by atoms with E-state index in [1.54, 1.807) is 6.07 Å². The minimum Gasteiger partial charge on any atom is -0.487 e. The molecule has 0 spiro atoms. The number of rotatable bonds is 4. The van der Waals surface area contributed by atoms with Gasteiger partial charge in [-0.25, -0.2) is 0 Å². The Morgan fingerprint density at radius 2 is 1.89 bits per heavy atom. The third-order valence-corrected chi connectivity index (χ3v) is 3.19. The van der Waals surface area contributed by atoms with Crippen molar-refractivity contribution < 1.29 is 9.53 Å². The summed E-state index contributed by atoms with van der Waals surface area (Å²) in [6.45, 7) is 3.87. The summed E-state index contributed by atoms with van der Waals surface area (Å²) in [5.41, 5.74) is 2.59. The molecule has 2 rings (SSSR count). The van der Waals surface area contributed by atoms with E-state index in [4.69, 9.17) is 16.3 Å². The Kier molecular flexibility index (Phi) is 4.23. The maximum atomic E-state index is 11.4. The molecule has 2 nitrogen and oxygen atoms in total. The van der Waals surface area contributed by atoms with Gasteiger partial charge in [-0.15, -0.1) is 0 Å². The second kappa shape index (κ2) is 5.89. The van der Waals surface area contributed by atoms with Crippen LogP contribution in [0.1, 0.15) is 28.4 Å². The maximum Gasteiger partial charge on any atom is 0.160 e. The molecule has 0 aliphatic carbocycles. The molecule has 0 aliphatic heterocycles. The van der Waals surface area contributed by atoms with Gasteiger partial charge in [-0.3, -0.25) is 4.79 Å². The highest BCUT2D eigenvalue weighted by molar-refractivity contribution is 6.32. The van der Waals surface area contributed by atoms with E-state index < -0.39 is 0 Å². The zero-order valence-electron chi connectivity index (χ0n) is 10.9. The second-order valence-electron chi connectivity index (χ2n) is 4.43. The van der Waals surface area contributed by atoms with Gasteiger partial charge in [-0.05, 0) is 37.1 Å². The minimum absolute atomic E-state index is 0.00834. The van der Waals surface area contributed by atoms with Crippen LogP contribution in [0.2, 0.25) is 5.02 Å². The Hall–Kier alpha value is -1.80. The monoisotopic (exact) mass is 274 g/mol. The fourth-order valence-corrected chi connectivity index (χ4v) is 2.10. The van der Waals surface area contributed by atoms with Gasteiger partial charge in [0.05, 0.1) is 5.02 Å². The number of benzene rings is 2. The van der Waals surface area contributed by atoms with Gasteiger partial charge in [0.1, 0.15) is 12.4 Å². The molecular formula is C16H15ClO2. The molecule has 98 valence electrons. The lowest BCUT2D eigenvalue weighted by atomic mass is 10.1. The van der Waals surface area contributed by atoms with Gasteiger partial charge in [-0.2, -0.15) is 0 Å². The summed E-state index contributed by atoms with van der Waals surface area (Å²) in [5.74, 6) is 0.613. The van der Waals surface area contributed by atoms with E-state index >= 15 is 0 Å². The molecule has 0 heterocycles. The van der Waals surface area contributed by atoms with E-state index in [0.29, 0.717) is 22.9 Å². The van der Waals surface area contributed by atoms with Crippen molar-refractivity contribution in [1.29, 1.82) is 0 Å². The van der Waals surface area contributed by atoms with E-state index in [0.717, 1.165) is 11.1 Å². The Morgan fingerprint density at radius 3 is 2.53 bits per heavy atom. The van der Waals surface area contributed by atoms with Crippen LogP contribution in [0.4, 0.5) is 0 Å². The van der Waals surface area contributed by atoms with Crippen LogP contribution in [0.15, 0.2) is 42.5 Å². The van der Waals surface area contributed by atoms with Crippen molar-refractivity contribution in [1.82, 2.24) is 0 Å². The maximum absolute atomic E-state index is 11.4. The van der Waals surface area contributed by atoms with Gasteiger partial charge in [-0.1, -0.05) is 41.9 Å². The summed E-state index contributed by atoms with van der Waals surface area (Å²) in [4.78, 5) is 11.4. The molecule has 2 aromatic carbocycles. The SMILES string of the molecule is CC(=O)c1cc(Cl)c(OCc2ccccc2)cc1C. The van der Waals surface area contributed by atoms with E-state index in [-0.39, 0.29) is 5.78 Å². The highest BCUT2D eigenvalue weighted by Gasteiger charge is 2.10. The molecule has 0 saturated heterocycles. The Morgan fingerprint density at radius 1 is 1.21 bits per heavy atom. The van der Waals surface area contributed by atoms with Gasteiger partial charge in [0.25, 0.3) is 0 Å². The number of halogens is 1. The van der Waals surface area contributed by atoms with E-state index in [1.807, 2.05) is 43.3 Å². The average molecular weight is 275 g/mol. The van der Waals surface area contributed by atoms with Crippen molar-refractivity contribution in [3.05, 3.63) is 64.2 Å². The number of Topliss-reactive ketones (excluding diaryl/α,β-unsaturated/α-hetero) is 1. The lowest BCUT2D eigenvalue weighted by Crippen LogP contribution is -2.00. The normalized spacial score (nSPS) is 10.3. The first-order valence-corrected chi connectivity index (χ1v) is 6.43. The third kappa shape index (κ3) is 3.36. The third-order valence-electron chi connectivity index (χ3n) is 2.90. The molecule has 0 fully saturated rings. The van der Waals surface area contributed by atoms with Crippen LogP contribution in [-0.4, -0.2) is 5.78 Å². The number of ketones is 1. The molecule has 2 aromatic rings. The van der Waals surface area contributed by atoms with Crippen LogP contribution in [-0.2, 0) is 6.61 Å². The van der Waals surface area contributed by atoms with Gasteiger partial charge in [0.15, 0.2) is 5.78 Å². The van der Waals surface area contributed by atoms with Crippen molar-refractivity contribution >= 4 is 17.4 Å². The largest absolute Gasteiger partial charge is 0.487 e. The fraction of sp³-hybridized carbons (Fsp3) is 0.188. The van der Waals surface area contributed by atoms with Crippen molar-refractivity contribution in [3.63, 3.8) is 0 Å². The van der Waals surface area contributed by atoms with Gasteiger partial charge in [0, 0.05) is 5.56 Å². The molecular weight excluding hydrogens is 260 g/mol. The number of carbonyl (C=O) groups excluding carboxylic acids is 1. The molecule has 0 radical (unpaired) electrons. The molecule has 0 amide bonds. The van der Waals surface area contributed by atoms with Crippen molar-refractivity contribution in [2.75, 3.05) is 0 Å². The van der Waals surface area contributed by atoms with Crippen molar-refractivity contribution in [3.8, 4) is 5.75 Å². The predicted molar refractivity (Wildman–Crippen MR) is 77.0 cm³/mol. The van der Waals surface area contributed by atoms with Crippen molar-refractivity contribution in [2.24, 2.45) is 0 Å². The number of hydrogen-bond acceptors (Lipinski definition) is 2. The highest BCUT2D eigenvalue weighted by atomic mass is 35.5. The van der Waals surface area contributed by atoms with E-state index in [2.05, 4.69) is 0 Å². The van der Waals surface area contributed by atoms with Crippen LogP contribution in [0, 0.1) is 6.92 Å². The zero-order valence-corrected chi connectivity index (χ0v) is 11.7. The first-order valence-electron chi connectivity index (χ1n) is 6.05. The predicted octanol–water partition coefficient (Wildman–Crippen LogP) is 4.43. The zero-order chi connectivity index (χ0) is 13.8. The highest BCUT2D eigenvalue weighted by Crippen LogP contribution is 2.29. The van der Waals surface area contributed by atoms with Crippen LogP contribution in [0.3, 0.4) is 0 Å². The van der Waals surface area contributed by atoms with Gasteiger partial charge < -0.3 is 4.74 Å². The molecule has 3 heteroatoms. The molecule has 0 aromatic heterocycles. The molecule has 0 aliphatic rings. The van der Waals surface area contributed by atoms with Gasteiger partial charge >= 0.3 is 0 Å². The molecule has 0 saturated carbocycles. The Labute approximate surface area is 118 Å². The van der Waals surface area contributed by atoms with Crippen LogP contribution < -0.4 is 4.74 Å². The van der Waals surface area contributed by atoms with Crippen LogP contribution in [0.25, 0.3) is 0 Å². The van der Waals surface area contributed by atoms with E-state index in [1.165, 1.54) is 6.92 Å².